The van der Waals surface area contributed by atoms with Crippen molar-refractivity contribution in [1.82, 2.24) is 4.98 Å². The molecule has 0 aliphatic heterocycles. The number of halogens is 1. The minimum Gasteiger partial charge on any atom is -0.437 e. The highest BCUT2D eigenvalue weighted by molar-refractivity contribution is 14.1. The first-order chi connectivity index (χ1) is 9.06. The predicted octanol–water partition coefficient (Wildman–Crippen LogP) is 3.63. The standard InChI is InChI=1S/C13H13IN2O2S/c1-8-9(2)18-13(15-8)19-7-12(17)16-11-6-4-3-5-10(11)14/h3-6H,7H2,1-2H3,(H,16,17). The molecule has 1 N–H and O–H groups in total. The van der Waals surface area contributed by atoms with Crippen molar-refractivity contribution in [3.8, 4) is 0 Å². The van der Waals surface area contributed by atoms with E-state index in [0.717, 1.165) is 20.7 Å². The van der Waals surface area contributed by atoms with E-state index < -0.39 is 0 Å². The van der Waals surface area contributed by atoms with Crippen molar-refractivity contribution in [2.75, 3.05) is 11.1 Å². The van der Waals surface area contributed by atoms with E-state index in [0.29, 0.717) is 5.22 Å². The van der Waals surface area contributed by atoms with E-state index in [1.54, 1.807) is 0 Å². The summed E-state index contributed by atoms with van der Waals surface area (Å²) in [5.41, 5.74) is 1.69. The number of aryl methyl sites for hydroxylation is 2. The van der Waals surface area contributed by atoms with Gasteiger partial charge in [0.15, 0.2) is 0 Å². The fraction of sp³-hybridized carbons (Fsp3) is 0.231. The molecule has 19 heavy (non-hydrogen) atoms. The first-order valence-electron chi connectivity index (χ1n) is 5.67. The lowest BCUT2D eigenvalue weighted by Gasteiger charge is -2.05. The van der Waals surface area contributed by atoms with Gasteiger partial charge in [-0.1, -0.05) is 23.9 Å². The van der Waals surface area contributed by atoms with Gasteiger partial charge < -0.3 is 9.73 Å². The van der Waals surface area contributed by atoms with Crippen LogP contribution in [0.2, 0.25) is 0 Å². The van der Waals surface area contributed by atoms with Crippen LogP contribution in [0.3, 0.4) is 0 Å². The van der Waals surface area contributed by atoms with E-state index in [1.165, 1.54) is 11.8 Å². The molecule has 6 heteroatoms. The number of hydrogen-bond acceptors (Lipinski definition) is 4. The van der Waals surface area contributed by atoms with E-state index >= 15 is 0 Å². The highest BCUT2D eigenvalue weighted by Gasteiger charge is 2.10. The molecule has 2 rings (SSSR count). The molecular formula is C13H13IN2O2S. The van der Waals surface area contributed by atoms with E-state index in [2.05, 4.69) is 32.9 Å². The minimum atomic E-state index is -0.0670. The fourth-order valence-electron chi connectivity index (χ4n) is 1.38. The number of rotatable bonds is 4. The van der Waals surface area contributed by atoms with Crippen molar-refractivity contribution in [3.05, 3.63) is 39.3 Å². The molecule has 0 aliphatic carbocycles. The number of para-hydroxylation sites is 1. The molecule has 0 atom stereocenters. The van der Waals surface area contributed by atoms with Gasteiger partial charge in [0, 0.05) is 3.57 Å². The Balaban J connectivity index is 1.90. The molecule has 4 nitrogen and oxygen atoms in total. The smallest absolute Gasteiger partial charge is 0.256 e. The highest BCUT2D eigenvalue weighted by atomic mass is 127. The molecule has 0 spiro atoms. The predicted molar refractivity (Wildman–Crippen MR) is 84.5 cm³/mol. The molecule has 0 saturated carbocycles. The number of oxazole rings is 1. The number of carbonyl (C=O) groups excluding carboxylic acids is 1. The van der Waals surface area contributed by atoms with Crippen LogP contribution in [0.5, 0.6) is 0 Å². The normalized spacial score (nSPS) is 10.5. The Morgan fingerprint density at radius 2 is 2.16 bits per heavy atom. The number of hydrogen-bond donors (Lipinski definition) is 1. The van der Waals surface area contributed by atoms with Gasteiger partial charge in [0.1, 0.15) is 5.76 Å². The van der Waals surface area contributed by atoms with Crippen molar-refractivity contribution in [2.24, 2.45) is 0 Å². The van der Waals surface area contributed by atoms with Gasteiger partial charge in [0.05, 0.1) is 17.1 Å². The summed E-state index contributed by atoms with van der Waals surface area (Å²) in [6.07, 6.45) is 0. The van der Waals surface area contributed by atoms with Gasteiger partial charge in [-0.2, -0.15) is 0 Å². The van der Waals surface area contributed by atoms with Gasteiger partial charge in [0.25, 0.3) is 5.22 Å². The molecule has 0 aliphatic rings. The van der Waals surface area contributed by atoms with Crippen LogP contribution in [-0.2, 0) is 4.79 Å². The van der Waals surface area contributed by atoms with Crippen LogP contribution < -0.4 is 5.32 Å². The lowest BCUT2D eigenvalue weighted by Crippen LogP contribution is -2.14. The lowest BCUT2D eigenvalue weighted by atomic mass is 10.3. The van der Waals surface area contributed by atoms with Gasteiger partial charge in [-0.25, -0.2) is 4.98 Å². The van der Waals surface area contributed by atoms with Crippen LogP contribution in [0.25, 0.3) is 0 Å². The summed E-state index contributed by atoms with van der Waals surface area (Å²) in [7, 11) is 0. The van der Waals surface area contributed by atoms with Crippen LogP contribution in [0.1, 0.15) is 11.5 Å². The monoisotopic (exact) mass is 388 g/mol. The molecule has 1 amide bonds. The molecule has 0 unspecified atom stereocenters. The maximum Gasteiger partial charge on any atom is 0.256 e. The number of benzene rings is 1. The number of amides is 1. The quantitative estimate of drug-likeness (QED) is 0.642. The molecule has 1 aromatic carbocycles. The molecular weight excluding hydrogens is 375 g/mol. The van der Waals surface area contributed by atoms with Gasteiger partial charge in [-0.05, 0) is 48.6 Å². The third-order valence-corrected chi connectivity index (χ3v) is 4.25. The summed E-state index contributed by atoms with van der Waals surface area (Å²) in [6, 6.07) is 7.66. The Morgan fingerprint density at radius 1 is 1.42 bits per heavy atom. The number of aromatic nitrogens is 1. The average molecular weight is 388 g/mol. The number of carbonyl (C=O) groups is 1. The summed E-state index contributed by atoms with van der Waals surface area (Å²) in [5.74, 6) is 1.01. The molecule has 100 valence electrons. The average Bonchev–Trinajstić information content (AvgIpc) is 2.69. The van der Waals surface area contributed by atoms with Crippen molar-refractivity contribution in [1.29, 1.82) is 0 Å². The van der Waals surface area contributed by atoms with E-state index in [9.17, 15) is 4.79 Å². The summed E-state index contributed by atoms with van der Waals surface area (Å²) in [6.45, 7) is 3.74. The molecule has 1 aromatic heterocycles. The van der Waals surface area contributed by atoms with Crippen LogP contribution in [0.4, 0.5) is 5.69 Å². The first kappa shape index (κ1) is 14.4. The Hall–Kier alpha value is -1.02. The largest absolute Gasteiger partial charge is 0.437 e. The number of nitrogens with zero attached hydrogens (tertiary/aromatic N) is 1. The van der Waals surface area contributed by atoms with Crippen LogP contribution in [0.15, 0.2) is 33.9 Å². The van der Waals surface area contributed by atoms with Crippen LogP contribution in [-0.4, -0.2) is 16.6 Å². The summed E-state index contributed by atoms with van der Waals surface area (Å²) in [5, 5.41) is 3.40. The van der Waals surface area contributed by atoms with Crippen LogP contribution >= 0.6 is 34.4 Å². The molecule has 0 fully saturated rings. The number of anilines is 1. The van der Waals surface area contributed by atoms with E-state index in [4.69, 9.17) is 4.42 Å². The van der Waals surface area contributed by atoms with Crippen LogP contribution in [0, 0.1) is 17.4 Å². The number of thioether (sulfide) groups is 1. The topological polar surface area (TPSA) is 55.1 Å². The van der Waals surface area contributed by atoms with Gasteiger partial charge in [-0.3, -0.25) is 4.79 Å². The molecule has 1 heterocycles. The van der Waals surface area contributed by atoms with E-state index in [-0.39, 0.29) is 11.7 Å². The SMILES string of the molecule is Cc1nc(SCC(=O)Nc2ccccc2I)oc1C. The van der Waals surface area contributed by atoms with Crippen molar-refractivity contribution >= 4 is 45.9 Å². The third-order valence-electron chi connectivity index (χ3n) is 2.48. The molecule has 2 aromatic rings. The maximum absolute atomic E-state index is 11.8. The zero-order chi connectivity index (χ0) is 13.8. The van der Waals surface area contributed by atoms with Crippen molar-refractivity contribution in [3.63, 3.8) is 0 Å². The zero-order valence-corrected chi connectivity index (χ0v) is 13.5. The fourth-order valence-corrected chi connectivity index (χ4v) is 2.62. The summed E-state index contributed by atoms with van der Waals surface area (Å²) in [4.78, 5) is 16.0. The molecule has 0 saturated heterocycles. The zero-order valence-electron chi connectivity index (χ0n) is 10.6. The van der Waals surface area contributed by atoms with Crippen molar-refractivity contribution in [2.45, 2.75) is 19.1 Å². The maximum atomic E-state index is 11.8. The molecule has 0 radical (unpaired) electrons. The summed E-state index contributed by atoms with van der Waals surface area (Å²) >= 11 is 3.49. The molecule has 0 bridgehead atoms. The Labute approximate surface area is 129 Å². The summed E-state index contributed by atoms with van der Waals surface area (Å²) < 4.78 is 6.42. The number of nitrogens with one attached hydrogen (secondary N) is 1. The van der Waals surface area contributed by atoms with Gasteiger partial charge in [0.2, 0.25) is 5.91 Å². The Kier molecular flexibility index (Phi) is 4.87. The minimum absolute atomic E-state index is 0.0670. The third kappa shape index (κ3) is 3.97. The Bertz CT molecular complexity index is 579. The van der Waals surface area contributed by atoms with Gasteiger partial charge >= 0.3 is 0 Å². The second kappa shape index (κ2) is 6.42. The lowest BCUT2D eigenvalue weighted by molar-refractivity contribution is -0.113. The Morgan fingerprint density at radius 3 is 2.79 bits per heavy atom. The highest BCUT2D eigenvalue weighted by Crippen LogP contribution is 2.21. The van der Waals surface area contributed by atoms with Gasteiger partial charge in [-0.15, -0.1) is 0 Å². The first-order valence-corrected chi connectivity index (χ1v) is 7.74. The van der Waals surface area contributed by atoms with E-state index in [1.807, 2.05) is 38.1 Å². The second-order valence-electron chi connectivity index (χ2n) is 3.94. The van der Waals surface area contributed by atoms with Crippen molar-refractivity contribution < 1.29 is 9.21 Å². The second-order valence-corrected chi connectivity index (χ2v) is 6.03.